The van der Waals surface area contributed by atoms with Crippen LogP contribution in [-0.2, 0) is 4.74 Å². The number of epoxide rings is 1. The van der Waals surface area contributed by atoms with Crippen LogP contribution in [0.5, 0.6) is 0 Å². The van der Waals surface area contributed by atoms with Gasteiger partial charge in [0.15, 0.2) is 11.9 Å². The van der Waals surface area contributed by atoms with Crippen LogP contribution in [0.25, 0.3) is 0 Å². The van der Waals surface area contributed by atoms with Crippen LogP contribution in [0.15, 0.2) is 54.6 Å². The third kappa shape index (κ3) is 1.93. The third-order valence-electron chi connectivity index (χ3n) is 3.02. The number of carbonyl (C=O) groups excluding carboxylic acids is 1. The first-order valence-corrected chi connectivity index (χ1v) is 5.76. The van der Waals surface area contributed by atoms with Gasteiger partial charge in [0, 0.05) is 11.1 Å². The summed E-state index contributed by atoms with van der Waals surface area (Å²) in [5.41, 5.74) is 1.05. The summed E-state index contributed by atoms with van der Waals surface area (Å²) in [6.45, 7) is 0. The van der Waals surface area contributed by atoms with Crippen molar-refractivity contribution in [1.82, 2.24) is 0 Å². The smallest absolute Gasteiger partial charge is 0.194 e. The van der Waals surface area contributed by atoms with Gasteiger partial charge in [-0.3, -0.25) is 4.79 Å². The summed E-state index contributed by atoms with van der Waals surface area (Å²) in [5.74, 6) is -0.422. The second kappa shape index (κ2) is 4.35. The minimum atomic E-state index is -0.552. The van der Waals surface area contributed by atoms with Crippen LogP contribution in [-0.4, -0.2) is 11.9 Å². The maximum atomic E-state index is 13.5. The first-order valence-electron chi connectivity index (χ1n) is 5.76. The van der Waals surface area contributed by atoms with Gasteiger partial charge in [0.2, 0.25) is 0 Å². The Kier molecular flexibility index (Phi) is 2.68. The second-order valence-corrected chi connectivity index (χ2v) is 4.23. The predicted molar refractivity (Wildman–Crippen MR) is 64.8 cm³/mol. The van der Waals surface area contributed by atoms with Crippen molar-refractivity contribution in [2.45, 2.75) is 12.2 Å². The van der Waals surface area contributed by atoms with Crippen LogP contribution < -0.4 is 0 Å². The molecule has 0 spiro atoms. The topological polar surface area (TPSA) is 29.6 Å². The van der Waals surface area contributed by atoms with Gasteiger partial charge >= 0.3 is 0 Å². The number of hydrogen-bond acceptors (Lipinski definition) is 2. The summed E-state index contributed by atoms with van der Waals surface area (Å²) < 4.78 is 18.8. The summed E-state index contributed by atoms with van der Waals surface area (Å²) >= 11 is 0. The third-order valence-corrected chi connectivity index (χ3v) is 3.02. The number of hydrogen-bond donors (Lipinski definition) is 0. The second-order valence-electron chi connectivity index (χ2n) is 4.23. The Morgan fingerprint density at radius 1 is 1.00 bits per heavy atom. The number of rotatable bonds is 3. The summed E-state index contributed by atoms with van der Waals surface area (Å²) in [6, 6.07) is 15.3. The summed E-state index contributed by atoms with van der Waals surface area (Å²) in [5, 5.41) is 0. The molecule has 2 atom stereocenters. The number of carbonyl (C=O) groups is 1. The highest BCUT2D eigenvalue weighted by Gasteiger charge is 2.47. The lowest BCUT2D eigenvalue weighted by molar-refractivity contribution is 0.0953. The fourth-order valence-electron chi connectivity index (χ4n) is 2.02. The molecular weight excluding hydrogens is 231 g/mol. The predicted octanol–water partition coefficient (Wildman–Crippen LogP) is 3.15. The normalized spacial score (nSPS) is 21.6. The fraction of sp³-hybridized carbons (Fsp3) is 0.133. The minimum Gasteiger partial charge on any atom is -0.356 e. The average Bonchev–Trinajstić information content (AvgIpc) is 3.20. The van der Waals surface area contributed by atoms with Gasteiger partial charge in [-0.15, -0.1) is 0 Å². The molecule has 18 heavy (non-hydrogen) atoms. The Balaban J connectivity index is 1.79. The van der Waals surface area contributed by atoms with E-state index in [1.807, 2.05) is 6.07 Å². The molecule has 90 valence electrons. The van der Waals surface area contributed by atoms with E-state index in [9.17, 15) is 9.18 Å². The van der Waals surface area contributed by atoms with Crippen molar-refractivity contribution in [1.29, 1.82) is 0 Å². The van der Waals surface area contributed by atoms with Crippen molar-refractivity contribution < 1.29 is 13.9 Å². The molecule has 0 radical (unpaired) electrons. The molecular formula is C15H11FO2. The van der Waals surface area contributed by atoms with Crippen molar-refractivity contribution in [3.05, 3.63) is 71.5 Å². The lowest BCUT2D eigenvalue weighted by atomic mass is 10.0. The molecule has 0 aromatic heterocycles. The average molecular weight is 242 g/mol. The molecule has 1 aliphatic rings. The van der Waals surface area contributed by atoms with E-state index in [-0.39, 0.29) is 11.6 Å². The fourth-order valence-corrected chi connectivity index (χ4v) is 2.02. The van der Waals surface area contributed by atoms with Crippen molar-refractivity contribution in [2.24, 2.45) is 0 Å². The highest BCUT2D eigenvalue weighted by molar-refractivity contribution is 6.01. The number of ether oxygens (including phenoxy) is 1. The Morgan fingerprint density at radius 2 is 1.67 bits per heavy atom. The van der Waals surface area contributed by atoms with Crippen LogP contribution in [0.4, 0.5) is 4.39 Å². The molecule has 0 unspecified atom stereocenters. The zero-order valence-electron chi connectivity index (χ0n) is 9.55. The number of ketones is 1. The van der Waals surface area contributed by atoms with Gasteiger partial charge in [-0.25, -0.2) is 4.39 Å². The van der Waals surface area contributed by atoms with E-state index in [4.69, 9.17) is 4.74 Å². The molecule has 0 aliphatic carbocycles. The van der Waals surface area contributed by atoms with E-state index in [1.165, 1.54) is 6.07 Å². The molecule has 0 amide bonds. The first kappa shape index (κ1) is 11.1. The van der Waals surface area contributed by atoms with Crippen LogP contribution in [0.1, 0.15) is 22.0 Å². The zero-order valence-corrected chi connectivity index (χ0v) is 9.55. The Hall–Kier alpha value is -2.00. The largest absolute Gasteiger partial charge is 0.356 e. The van der Waals surface area contributed by atoms with E-state index < -0.39 is 12.2 Å². The van der Waals surface area contributed by atoms with Crippen LogP contribution >= 0.6 is 0 Å². The summed E-state index contributed by atoms with van der Waals surface area (Å²) in [7, 11) is 0. The molecule has 2 aromatic carbocycles. The Bertz CT molecular complexity index is 580. The molecule has 2 nitrogen and oxygen atoms in total. The molecule has 0 N–H and O–H groups in total. The lowest BCUT2D eigenvalue weighted by Crippen LogP contribution is -2.08. The SMILES string of the molecule is O=C(c1ccccc1)[C@H]1O[C@@H]1c1ccccc1F. The van der Waals surface area contributed by atoms with Gasteiger partial charge in [0.05, 0.1) is 0 Å². The molecule has 3 heteroatoms. The van der Waals surface area contributed by atoms with Crippen molar-refractivity contribution >= 4 is 5.78 Å². The quantitative estimate of drug-likeness (QED) is 0.611. The molecule has 1 heterocycles. The van der Waals surface area contributed by atoms with E-state index >= 15 is 0 Å². The zero-order chi connectivity index (χ0) is 12.5. The number of benzene rings is 2. The molecule has 1 fully saturated rings. The van der Waals surface area contributed by atoms with Gasteiger partial charge in [-0.05, 0) is 6.07 Å². The van der Waals surface area contributed by atoms with Crippen LogP contribution in [0, 0.1) is 5.82 Å². The van der Waals surface area contributed by atoms with E-state index in [0.717, 1.165) is 0 Å². The van der Waals surface area contributed by atoms with Crippen molar-refractivity contribution in [3.63, 3.8) is 0 Å². The number of halogens is 1. The maximum Gasteiger partial charge on any atom is 0.194 e. The van der Waals surface area contributed by atoms with Crippen LogP contribution in [0.2, 0.25) is 0 Å². The monoisotopic (exact) mass is 242 g/mol. The summed E-state index contributed by atoms with van der Waals surface area (Å²) in [6.07, 6.45) is -0.997. The molecule has 0 saturated carbocycles. The lowest BCUT2D eigenvalue weighted by Gasteiger charge is -1.98. The Labute approximate surface area is 104 Å². The van der Waals surface area contributed by atoms with Crippen molar-refractivity contribution in [3.8, 4) is 0 Å². The maximum absolute atomic E-state index is 13.5. The van der Waals surface area contributed by atoms with Gasteiger partial charge in [0.1, 0.15) is 11.9 Å². The molecule has 1 aliphatic heterocycles. The van der Waals surface area contributed by atoms with E-state index in [0.29, 0.717) is 11.1 Å². The van der Waals surface area contributed by atoms with Gasteiger partial charge in [-0.2, -0.15) is 0 Å². The highest BCUT2D eigenvalue weighted by Crippen LogP contribution is 2.41. The molecule has 1 saturated heterocycles. The van der Waals surface area contributed by atoms with E-state index in [1.54, 1.807) is 42.5 Å². The molecule has 0 bridgehead atoms. The number of Topliss-reactive ketones (excluding diaryl/α,β-unsaturated/α-hetero) is 1. The highest BCUT2D eigenvalue weighted by atomic mass is 19.1. The first-order chi connectivity index (χ1) is 8.77. The van der Waals surface area contributed by atoms with Gasteiger partial charge in [-0.1, -0.05) is 48.5 Å². The molecule has 2 aromatic rings. The Morgan fingerprint density at radius 3 is 2.39 bits per heavy atom. The minimum absolute atomic E-state index is 0.0937. The van der Waals surface area contributed by atoms with Crippen molar-refractivity contribution in [2.75, 3.05) is 0 Å². The van der Waals surface area contributed by atoms with Gasteiger partial charge < -0.3 is 4.74 Å². The van der Waals surface area contributed by atoms with E-state index in [2.05, 4.69) is 0 Å². The van der Waals surface area contributed by atoms with Gasteiger partial charge in [0.25, 0.3) is 0 Å². The standard InChI is InChI=1S/C15H11FO2/c16-12-9-5-4-8-11(12)14-15(18-14)13(17)10-6-2-1-3-7-10/h1-9,14-15H/t14-,15-/m1/s1. The van der Waals surface area contributed by atoms with Crippen LogP contribution in [0.3, 0.4) is 0 Å². The molecule has 3 rings (SSSR count). The summed E-state index contributed by atoms with van der Waals surface area (Å²) in [4.78, 5) is 12.1.